The fourth-order valence-electron chi connectivity index (χ4n) is 2.44. The van der Waals surface area contributed by atoms with E-state index in [-0.39, 0.29) is 5.78 Å². The number of carbonyl (C=O) groups is 1. The minimum Gasteiger partial charge on any atom is -0.493 e. The predicted octanol–water partition coefficient (Wildman–Crippen LogP) is 5.89. The molecule has 0 bridgehead atoms. The van der Waals surface area contributed by atoms with Crippen molar-refractivity contribution in [1.82, 2.24) is 0 Å². The van der Waals surface area contributed by atoms with Gasteiger partial charge in [0, 0.05) is 11.8 Å². The van der Waals surface area contributed by atoms with E-state index in [0.29, 0.717) is 13.0 Å². The highest BCUT2D eigenvalue weighted by atomic mass is 79.9. The lowest BCUT2D eigenvalue weighted by atomic mass is 10.1. The Morgan fingerprint density at radius 2 is 2.00 bits per heavy atom. The zero-order valence-electron chi connectivity index (χ0n) is 15.6. The molecule has 0 heterocycles. The fourth-order valence-corrected chi connectivity index (χ4v) is 2.84. The highest BCUT2D eigenvalue weighted by molar-refractivity contribution is 9.09. The molecule has 0 aromatic heterocycles. The highest BCUT2D eigenvalue weighted by Gasteiger charge is 2.07. The van der Waals surface area contributed by atoms with Crippen molar-refractivity contribution in [1.29, 1.82) is 0 Å². The van der Waals surface area contributed by atoms with Gasteiger partial charge in [0.1, 0.15) is 0 Å². The molecule has 3 nitrogen and oxygen atoms in total. The van der Waals surface area contributed by atoms with Crippen LogP contribution in [0.15, 0.2) is 30.4 Å². The molecule has 4 heteroatoms. The molecule has 0 radical (unpaired) electrons. The molecule has 0 unspecified atom stereocenters. The maximum atomic E-state index is 11.9. The zero-order chi connectivity index (χ0) is 18.3. The SMILES string of the molecule is CCCCC/C=C/C(=O)CCc1ccc(OCCCCBr)c(OC)c1. The molecule has 1 rings (SSSR count). The Labute approximate surface area is 160 Å². The first-order valence-corrected chi connectivity index (χ1v) is 10.4. The molecule has 0 spiro atoms. The van der Waals surface area contributed by atoms with Crippen molar-refractivity contribution in [3.63, 3.8) is 0 Å². The Morgan fingerprint density at radius 1 is 1.16 bits per heavy atom. The Morgan fingerprint density at radius 3 is 2.72 bits per heavy atom. The molecule has 1 aromatic rings. The second-order valence-corrected chi connectivity index (χ2v) is 6.89. The van der Waals surface area contributed by atoms with Gasteiger partial charge in [-0.2, -0.15) is 0 Å². The largest absolute Gasteiger partial charge is 0.493 e. The van der Waals surface area contributed by atoms with Crippen LogP contribution < -0.4 is 9.47 Å². The first kappa shape index (κ1) is 21.8. The summed E-state index contributed by atoms with van der Waals surface area (Å²) < 4.78 is 11.2. The van der Waals surface area contributed by atoms with E-state index in [2.05, 4.69) is 22.9 Å². The molecular weight excluding hydrogens is 380 g/mol. The topological polar surface area (TPSA) is 35.5 Å². The van der Waals surface area contributed by atoms with Gasteiger partial charge in [0.05, 0.1) is 13.7 Å². The third-order valence-electron chi connectivity index (χ3n) is 3.95. The summed E-state index contributed by atoms with van der Waals surface area (Å²) in [5.41, 5.74) is 1.09. The maximum absolute atomic E-state index is 11.9. The van der Waals surface area contributed by atoms with Crippen molar-refractivity contribution in [3.05, 3.63) is 35.9 Å². The third-order valence-corrected chi connectivity index (χ3v) is 4.51. The molecule has 0 saturated heterocycles. The Kier molecular flexibility index (Phi) is 12.1. The monoisotopic (exact) mass is 410 g/mol. The highest BCUT2D eigenvalue weighted by Crippen LogP contribution is 2.28. The van der Waals surface area contributed by atoms with E-state index in [1.54, 1.807) is 13.2 Å². The van der Waals surface area contributed by atoms with E-state index in [1.165, 1.54) is 12.8 Å². The number of benzene rings is 1. The number of allylic oxidation sites excluding steroid dienone is 2. The van der Waals surface area contributed by atoms with Crippen molar-refractivity contribution in [2.45, 2.75) is 58.3 Å². The molecule has 0 aliphatic heterocycles. The van der Waals surface area contributed by atoms with Gasteiger partial charge in [0.15, 0.2) is 17.3 Å². The number of unbranched alkanes of at least 4 members (excludes halogenated alkanes) is 4. The summed E-state index contributed by atoms with van der Waals surface area (Å²) >= 11 is 3.42. The number of ether oxygens (including phenoxy) is 2. The van der Waals surface area contributed by atoms with Crippen LogP contribution in [0.25, 0.3) is 0 Å². The summed E-state index contributed by atoms with van der Waals surface area (Å²) in [6.07, 6.45) is 11.7. The molecule has 0 fully saturated rings. The van der Waals surface area contributed by atoms with Crippen LogP contribution in [0.2, 0.25) is 0 Å². The first-order chi connectivity index (χ1) is 12.2. The van der Waals surface area contributed by atoms with Crippen molar-refractivity contribution in [2.24, 2.45) is 0 Å². The van der Waals surface area contributed by atoms with Crippen LogP contribution >= 0.6 is 15.9 Å². The molecule has 0 N–H and O–H groups in total. The lowest BCUT2D eigenvalue weighted by molar-refractivity contribution is -0.114. The van der Waals surface area contributed by atoms with Gasteiger partial charge >= 0.3 is 0 Å². The Hall–Kier alpha value is -1.29. The molecule has 1 aromatic carbocycles. The molecule has 0 aliphatic carbocycles. The second-order valence-electron chi connectivity index (χ2n) is 6.09. The molecule has 0 amide bonds. The summed E-state index contributed by atoms with van der Waals surface area (Å²) in [4.78, 5) is 11.9. The van der Waals surface area contributed by atoms with Gasteiger partial charge in [-0.1, -0.05) is 47.8 Å². The smallest absolute Gasteiger partial charge is 0.161 e. The van der Waals surface area contributed by atoms with Gasteiger partial charge in [-0.3, -0.25) is 4.79 Å². The summed E-state index contributed by atoms with van der Waals surface area (Å²) in [6.45, 7) is 2.87. The number of alkyl halides is 1. The number of rotatable bonds is 14. The summed E-state index contributed by atoms with van der Waals surface area (Å²) in [7, 11) is 1.65. The molecule has 140 valence electrons. The fraction of sp³-hybridized carbons (Fsp3) is 0.571. The standard InChI is InChI=1S/C21H31BrO3/c1-3-4-5-6-7-10-19(23)13-11-18-12-14-20(21(17-18)24-2)25-16-9-8-15-22/h7,10,12,14,17H,3-6,8-9,11,13,15-16H2,1-2H3/b10-7+. The zero-order valence-corrected chi connectivity index (χ0v) is 17.1. The molecule has 0 aliphatic rings. The molecule has 25 heavy (non-hydrogen) atoms. The number of aryl methyl sites for hydroxylation is 1. The number of halogens is 1. The Bertz CT molecular complexity index is 526. The minimum atomic E-state index is 0.186. The van der Waals surface area contributed by atoms with Crippen LogP contribution in [0.1, 0.15) is 57.4 Å². The van der Waals surface area contributed by atoms with Gasteiger partial charge < -0.3 is 9.47 Å². The summed E-state index contributed by atoms with van der Waals surface area (Å²) in [5, 5.41) is 0.994. The molecular formula is C21H31BrO3. The minimum absolute atomic E-state index is 0.186. The van der Waals surface area contributed by atoms with Crippen LogP contribution in [0.4, 0.5) is 0 Å². The number of carbonyl (C=O) groups excluding carboxylic acids is 1. The van der Waals surface area contributed by atoms with E-state index in [4.69, 9.17) is 9.47 Å². The van der Waals surface area contributed by atoms with Crippen LogP contribution in [0, 0.1) is 0 Å². The van der Waals surface area contributed by atoms with Crippen molar-refractivity contribution in [3.8, 4) is 11.5 Å². The van der Waals surface area contributed by atoms with Crippen LogP contribution in [-0.4, -0.2) is 24.8 Å². The van der Waals surface area contributed by atoms with Crippen LogP contribution in [0.5, 0.6) is 11.5 Å². The van der Waals surface area contributed by atoms with Crippen LogP contribution in [-0.2, 0) is 11.2 Å². The lowest BCUT2D eigenvalue weighted by Gasteiger charge is -2.12. The van der Waals surface area contributed by atoms with Gasteiger partial charge in [-0.15, -0.1) is 0 Å². The van der Waals surface area contributed by atoms with Crippen molar-refractivity contribution < 1.29 is 14.3 Å². The van der Waals surface area contributed by atoms with Crippen molar-refractivity contribution in [2.75, 3.05) is 19.0 Å². The average molecular weight is 411 g/mol. The van der Waals surface area contributed by atoms with E-state index < -0.39 is 0 Å². The summed E-state index contributed by atoms with van der Waals surface area (Å²) in [6, 6.07) is 5.92. The molecule has 0 saturated carbocycles. The van der Waals surface area contributed by atoms with Gasteiger partial charge in [0.25, 0.3) is 0 Å². The first-order valence-electron chi connectivity index (χ1n) is 9.26. The second kappa shape index (κ2) is 13.9. The Balaban J connectivity index is 2.44. The number of ketones is 1. The van der Waals surface area contributed by atoms with E-state index in [1.807, 2.05) is 24.3 Å². The lowest BCUT2D eigenvalue weighted by Crippen LogP contribution is -2.01. The number of hydrogen-bond acceptors (Lipinski definition) is 3. The van der Waals surface area contributed by atoms with Crippen molar-refractivity contribution >= 4 is 21.7 Å². The summed E-state index contributed by atoms with van der Waals surface area (Å²) in [5.74, 6) is 1.69. The number of methoxy groups -OCH3 is 1. The average Bonchev–Trinajstić information content (AvgIpc) is 2.63. The van der Waals surface area contributed by atoms with Gasteiger partial charge in [-0.25, -0.2) is 0 Å². The predicted molar refractivity (Wildman–Crippen MR) is 108 cm³/mol. The normalized spacial score (nSPS) is 11.0. The van der Waals surface area contributed by atoms with E-state index in [0.717, 1.165) is 54.5 Å². The van der Waals surface area contributed by atoms with Gasteiger partial charge in [-0.05, 0) is 55.9 Å². The molecule has 0 atom stereocenters. The quantitative estimate of drug-likeness (QED) is 0.218. The van der Waals surface area contributed by atoms with E-state index in [9.17, 15) is 4.79 Å². The third kappa shape index (κ3) is 9.69. The number of hydrogen-bond donors (Lipinski definition) is 0. The maximum Gasteiger partial charge on any atom is 0.161 e. The van der Waals surface area contributed by atoms with Crippen LogP contribution in [0.3, 0.4) is 0 Å². The van der Waals surface area contributed by atoms with E-state index >= 15 is 0 Å². The van der Waals surface area contributed by atoms with Gasteiger partial charge in [0.2, 0.25) is 0 Å².